The van der Waals surface area contributed by atoms with E-state index in [-0.39, 0.29) is 24.0 Å². The first-order chi connectivity index (χ1) is 10.8. The van der Waals surface area contributed by atoms with Gasteiger partial charge < -0.3 is 14.8 Å². The number of fused-ring (bicyclic) bond motifs is 1. The number of carbonyl (C=O) groups is 2. The molecule has 7 heteroatoms. The molecule has 0 atom stereocenters. The van der Waals surface area contributed by atoms with Crippen LogP contribution in [0.25, 0.3) is 11.0 Å². The summed E-state index contributed by atoms with van der Waals surface area (Å²) in [6, 6.07) is 7.23. The van der Waals surface area contributed by atoms with E-state index in [1.54, 1.807) is 42.8 Å². The van der Waals surface area contributed by atoms with Crippen LogP contribution < -0.4 is 5.69 Å². The van der Waals surface area contributed by atoms with E-state index in [0.29, 0.717) is 24.1 Å². The van der Waals surface area contributed by atoms with Gasteiger partial charge in [-0.3, -0.25) is 14.2 Å². The van der Waals surface area contributed by atoms with Gasteiger partial charge in [0.05, 0.1) is 11.0 Å². The van der Waals surface area contributed by atoms with E-state index in [1.807, 2.05) is 12.1 Å². The number of hydrogen-bond donors (Lipinski definition) is 1. The van der Waals surface area contributed by atoms with Gasteiger partial charge in [-0.15, -0.1) is 0 Å². The van der Waals surface area contributed by atoms with Crippen LogP contribution in [0.1, 0.15) is 13.8 Å². The Labute approximate surface area is 133 Å². The number of para-hydroxylation sites is 2. The van der Waals surface area contributed by atoms with Gasteiger partial charge in [-0.2, -0.15) is 0 Å². The predicted octanol–water partition coefficient (Wildman–Crippen LogP) is 0.409. The van der Waals surface area contributed by atoms with Gasteiger partial charge in [-0.1, -0.05) is 12.1 Å². The molecule has 1 aromatic carbocycles. The third kappa shape index (κ3) is 2.42. The van der Waals surface area contributed by atoms with Gasteiger partial charge >= 0.3 is 5.69 Å². The van der Waals surface area contributed by atoms with Crippen molar-refractivity contribution in [3.8, 4) is 0 Å². The van der Waals surface area contributed by atoms with Crippen LogP contribution in [0.3, 0.4) is 0 Å². The predicted molar refractivity (Wildman–Crippen MR) is 86.0 cm³/mol. The SMILES string of the molecule is CN1CCN(C(=O)Cn2c(=O)[nH]c3ccccc32)C(C)(C)C1=O. The quantitative estimate of drug-likeness (QED) is 0.871. The fraction of sp³-hybridized carbons (Fsp3) is 0.438. The Morgan fingerprint density at radius 3 is 2.65 bits per heavy atom. The summed E-state index contributed by atoms with van der Waals surface area (Å²) in [6.07, 6.45) is 0. The Morgan fingerprint density at radius 1 is 1.22 bits per heavy atom. The zero-order valence-electron chi connectivity index (χ0n) is 13.5. The highest BCUT2D eigenvalue weighted by Crippen LogP contribution is 2.22. The minimum Gasteiger partial charge on any atom is -0.342 e. The highest BCUT2D eigenvalue weighted by atomic mass is 16.2. The molecule has 0 bridgehead atoms. The molecule has 0 spiro atoms. The summed E-state index contributed by atoms with van der Waals surface area (Å²) in [5.41, 5.74) is 0.153. The summed E-state index contributed by atoms with van der Waals surface area (Å²) in [6.45, 7) is 4.35. The van der Waals surface area contributed by atoms with E-state index in [1.165, 1.54) is 4.57 Å². The summed E-state index contributed by atoms with van der Waals surface area (Å²) in [4.78, 5) is 43.0. The minimum absolute atomic E-state index is 0.0801. The van der Waals surface area contributed by atoms with E-state index >= 15 is 0 Å². The second-order valence-corrected chi connectivity index (χ2v) is 6.36. The lowest BCUT2D eigenvalue weighted by Gasteiger charge is -2.44. The number of hydrogen-bond acceptors (Lipinski definition) is 3. The summed E-state index contributed by atoms with van der Waals surface area (Å²) in [5, 5.41) is 0. The van der Waals surface area contributed by atoms with Gasteiger partial charge in [0.2, 0.25) is 11.8 Å². The van der Waals surface area contributed by atoms with Crippen molar-refractivity contribution in [3.63, 3.8) is 0 Å². The van der Waals surface area contributed by atoms with E-state index in [2.05, 4.69) is 4.98 Å². The number of aromatic amines is 1. The molecule has 1 aromatic heterocycles. The lowest BCUT2D eigenvalue weighted by Crippen LogP contribution is -2.64. The molecule has 1 aliphatic rings. The van der Waals surface area contributed by atoms with Crippen molar-refractivity contribution in [1.82, 2.24) is 19.4 Å². The zero-order valence-corrected chi connectivity index (χ0v) is 13.5. The number of rotatable bonds is 2. The average molecular weight is 316 g/mol. The molecule has 0 unspecified atom stereocenters. The second kappa shape index (κ2) is 5.26. The molecule has 1 saturated heterocycles. The topological polar surface area (TPSA) is 78.4 Å². The molecule has 1 aliphatic heterocycles. The molecule has 0 saturated carbocycles. The van der Waals surface area contributed by atoms with E-state index < -0.39 is 5.54 Å². The average Bonchev–Trinajstić information content (AvgIpc) is 2.81. The maximum atomic E-state index is 12.7. The standard InChI is InChI=1S/C16H20N4O3/c1-16(2)14(22)18(3)8-9-20(16)13(21)10-19-12-7-5-4-6-11(12)17-15(19)23/h4-7H,8-10H2,1-3H3,(H,17,23). The van der Waals surface area contributed by atoms with Crippen molar-refractivity contribution in [2.45, 2.75) is 25.9 Å². The maximum absolute atomic E-state index is 12.7. The van der Waals surface area contributed by atoms with Gasteiger partial charge in [-0.25, -0.2) is 4.79 Å². The molecule has 0 aliphatic carbocycles. The van der Waals surface area contributed by atoms with Gasteiger partial charge in [0, 0.05) is 20.1 Å². The third-order valence-electron chi connectivity index (χ3n) is 4.48. The molecule has 1 N–H and O–H groups in total. The first-order valence-electron chi connectivity index (χ1n) is 7.56. The van der Waals surface area contributed by atoms with Crippen molar-refractivity contribution in [2.75, 3.05) is 20.1 Å². The van der Waals surface area contributed by atoms with Crippen LogP contribution in [0.2, 0.25) is 0 Å². The summed E-state index contributed by atoms with van der Waals surface area (Å²) >= 11 is 0. The number of imidazole rings is 1. The number of H-pyrrole nitrogens is 1. The number of amides is 2. The number of nitrogens with zero attached hydrogens (tertiary/aromatic N) is 3. The van der Waals surface area contributed by atoms with Gasteiger partial charge in [0.15, 0.2) is 0 Å². The molecular weight excluding hydrogens is 296 g/mol. The second-order valence-electron chi connectivity index (χ2n) is 6.36. The fourth-order valence-electron chi connectivity index (χ4n) is 3.13. The highest BCUT2D eigenvalue weighted by Gasteiger charge is 2.42. The first-order valence-corrected chi connectivity index (χ1v) is 7.56. The highest BCUT2D eigenvalue weighted by molar-refractivity contribution is 5.92. The van der Waals surface area contributed by atoms with Crippen LogP contribution in [0.5, 0.6) is 0 Å². The van der Waals surface area contributed by atoms with Crippen LogP contribution in [0.4, 0.5) is 0 Å². The Morgan fingerprint density at radius 2 is 1.91 bits per heavy atom. The van der Waals surface area contributed by atoms with E-state index in [0.717, 1.165) is 0 Å². The largest absolute Gasteiger partial charge is 0.342 e. The molecule has 2 aromatic rings. The molecule has 2 heterocycles. The molecule has 1 fully saturated rings. The number of benzene rings is 1. The summed E-state index contributed by atoms with van der Waals surface area (Å²) in [5.74, 6) is -0.327. The maximum Gasteiger partial charge on any atom is 0.326 e. The normalized spacial score (nSPS) is 17.8. The Balaban J connectivity index is 1.91. The smallest absolute Gasteiger partial charge is 0.326 e. The molecule has 2 amide bonds. The van der Waals surface area contributed by atoms with Crippen LogP contribution in [0.15, 0.2) is 29.1 Å². The summed E-state index contributed by atoms with van der Waals surface area (Å²) in [7, 11) is 1.73. The molecule has 3 rings (SSSR count). The van der Waals surface area contributed by atoms with Crippen LogP contribution in [-0.2, 0) is 16.1 Å². The van der Waals surface area contributed by atoms with Crippen LogP contribution >= 0.6 is 0 Å². The number of likely N-dealkylation sites (N-methyl/N-ethyl adjacent to an activating group) is 1. The van der Waals surface area contributed by atoms with E-state index in [4.69, 9.17) is 0 Å². The van der Waals surface area contributed by atoms with Crippen molar-refractivity contribution in [2.24, 2.45) is 0 Å². The molecule has 0 radical (unpaired) electrons. The monoisotopic (exact) mass is 316 g/mol. The van der Waals surface area contributed by atoms with Crippen LogP contribution in [0, 0.1) is 0 Å². The molecular formula is C16H20N4O3. The number of carbonyl (C=O) groups excluding carboxylic acids is 2. The number of piperazine rings is 1. The van der Waals surface area contributed by atoms with Crippen molar-refractivity contribution in [1.29, 1.82) is 0 Å². The van der Waals surface area contributed by atoms with Gasteiger partial charge in [0.25, 0.3) is 0 Å². The van der Waals surface area contributed by atoms with Crippen molar-refractivity contribution in [3.05, 3.63) is 34.7 Å². The van der Waals surface area contributed by atoms with Crippen molar-refractivity contribution < 1.29 is 9.59 Å². The third-order valence-corrected chi connectivity index (χ3v) is 4.48. The molecule has 23 heavy (non-hydrogen) atoms. The minimum atomic E-state index is -0.903. The van der Waals surface area contributed by atoms with E-state index in [9.17, 15) is 14.4 Å². The van der Waals surface area contributed by atoms with Gasteiger partial charge in [-0.05, 0) is 26.0 Å². The number of nitrogens with one attached hydrogen (secondary N) is 1. The zero-order chi connectivity index (χ0) is 16.8. The van der Waals surface area contributed by atoms with Crippen molar-refractivity contribution >= 4 is 22.8 Å². The fourth-order valence-corrected chi connectivity index (χ4v) is 3.13. The Kier molecular flexibility index (Phi) is 3.50. The van der Waals surface area contributed by atoms with Crippen LogP contribution in [-0.4, -0.2) is 56.8 Å². The first kappa shape index (κ1) is 15.3. The molecule has 122 valence electrons. The lowest BCUT2D eigenvalue weighted by molar-refractivity contribution is -0.157. The Bertz CT molecular complexity index is 833. The summed E-state index contributed by atoms with van der Waals surface area (Å²) < 4.78 is 1.41. The number of aromatic nitrogens is 2. The Hall–Kier alpha value is -2.57. The lowest BCUT2D eigenvalue weighted by atomic mass is 9.97. The van der Waals surface area contributed by atoms with Gasteiger partial charge in [0.1, 0.15) is 12.1 Å². The molecule has 7 nitrogen and oxygen atoms in total.